The van der Waals surface area contributed by atoms with Crippen LogP contribution in [-0.2, 0) is 10.3 Å². The summed E-state index contributed by atoms with van der Waals surface area (Å²) in [4.78, 5) is 25.5. The minimum absolute atomic E-state index is 0.438. The molecule has 124 valence electrons. The number of fused-ring (bicyclic) bond motifs is 1. The van der Waals surface area contributed by atoms with Crippen molar-refractivity contribution in [1.29, 1.82) is 0 Å². The molecule has 3 rings (SSSR count). The molecule has 0 unspecified atom stereocenters. The zero-order chi connectivity index (χ0) is 17.3. The van der Waals surface area contributed by atoms with E-state index in [4.69, 9.17) is 0 Å². The highest BCUT2D eigenvalue weighted by molar-refractivity contribution is 5.84. The number of carbonyl (C=O) groups is 1. The standard InChI is InChI=1S/C18H20N4O2/c1-4-18(5-2,17(23)24)22-15(13-7-6-8-19-11-13)21-14-9-12(3)10-20-16(14)22/h6-11H,4-5H2,1-3H3,(H,23,24). The van der Waals surface area contributed by atoms with Crippen LogP contribution in [-0.4, -0.2) is 30.6 Å². The summed E-state index contributed by atoms with van der Waals surface area (Å²) in [6.45, 7) is 5.70. The molecule has 6 heteroatoms. The maximum absolute atomic E-state index is 12.2. The minimum Gasteiger partial charge on any atom is -0.479 e. The van der Waals surface area contributed by atoms with Gasteiger partial charge in [-0.1, -0.05) is 13.8 Å². The molecule has 0 radical (unpaired) electrons. The van der Waals surface area contributed by atoms with Crippen molar-refractivity contribution >= 4 is 17.1 Å². The Morgan fingerprint density at radius 1 is 1.29 bits per heavy atom. The lowest BCUT2D eigenvalue weighted by molar-refractivity contribution is -0.147. The largest absolute Gasteiger partial charge is 0.479 e. The van der Waals surface area contributed by atoms with Crippen LogP contribution < -0.4 is 0 Å². The van der Waals surface area contributed by atoms with E-state index in [1.54, 1.807) is 23.2 Å². The maximum Gasteiger partial charge on any atom is 0.329 e. The molecular weight excluding hydrogens is 304 g/mol. The van der Waals surface area contributed by atoms with Crippen molar-refractivity contribution in [1.82, 2.24) is 19.5 Å². The Hall–Kier alpha value is -2.76. The lowest BCUT2D eigenvalue weighted by atomic mass is 9.92. The lowest BCUT2D eigenvalue weighted by Gasteiger charge is -2.30. The predicted octanol–water partition coefficient (Wildman–Crippen LogP) is 3.40. The molecule has 3 heterocycles. The predicted molar refractivity (Wildman–Crippen MR) is 91.7 cm³/mol. The number of aryl methyl sites for hydroxylation is 1. The minimum atomic E-state index is -1.10. The summed E-state index contributed by atoms with van der Waals surface area (Å²) in [5.74, 6) is -0.290. The fourth-order valence-corrected chi connectivity index (χ4v) is 3.12. The lowest BCUT2D eigenvalue weighted by Crippen LogP contribution is -2.41. The zero-order valence-electron chi connectivity index (χ0n) is 14.0. The van der Waals surface area contributed by atoms with E-state index in [-0.39, 0.29) is 0 Å². The number of aliphatic carboxylic acids is 1. The van der Waals surface area contributed by atoms with Gasteiger partial charge >= 0.3 is 5.97 Å². The summed E-state index contributed by atoms with van der Waals surface area (Å²) in [6.07, 6.45) is 6.00. The highest BCUT2D eigenvalue weighted by Crippen LogP contribution is 2.35. The van der Waals surface area contributed by atoms with Crippen LogP contribution in [0.25, 0.3) is 22.6 Å². The molecule has 0 bridgehead atoms. The normalized spacial score (nSPS) is 11.8. The molecule has 0 aromatic carbocycles. The van der Waals surface area contributed by atoms with Gasteiger partial charge in [-0.15, -0.1) is 0 Å². The van der Waals surface area contributed by atoms with Crippen LogP contribution in [0.1, 0.15) is 32.3 Å². The number of aromatic nitrogens is 4. The van der Waals surface area contributed by atoms with Crippen LogP contribution in [0.2, 0.25) is 0 Å². The summed E-state index contributed by atoms with van der Waals surface area (Å²) in [5.41, 5.74) is 1.95. The van der Waals surface area contributed by atoms with Crippen molar-refractivity contribution in [3.8, 4) is 11.4 Å². The molecule has 24 heavy (non-hydrogen) atoms. The van der Waals surface area contributed by atoms with Gasteiger partial charge in [0.05, 0.1) is 0 Å². The van der Waals surface area contributed by atoms with Crippen molar-refractivity contribution in [2.24, 2.45) is 0 Å². The third kappa shape index (κ3) is 2.35. The van der Waals surface area contributed by atoms with E-state index in [0.29, 0.717) is 29.8 Å². The Morgan fingerprint density at radius 2 is 2.04 bits per heavy atom. The molecule has 0 atom stereocenters. The van der Waals surface area contributed by atoms with Gasteiger partial charge in [0, 0.05) is 24.2 Å². The number of carboxylic acids is 1. The highest BCUT2D eigenvalue weighted by Gasteiger charge is 2.40. The van der Waals surface area contributed by atoms with Gasteiger partial charge in [-0.2, -0.15) is 0 Å². The second-order valence-electron chi connectivity index (χ2n) is 5.91. The molecule has 0 aliphatic carbocycles. The molecular formula is C18H20N4O2. The molecule has 0 fully saturated rings. The van der Waals surface area contributed by atoms with Gasteiger partial charge in [-0.25, -0.2) is 14.8 Å². The van der Waals surface area contributed by atoms with E-state index in [0.717, 1.165) is 11.1 Å². The average Bonchev–Trinajstić information content (AvgIpc) is 2.96. The zero-order valence-corrected chi connectivity index (χ0v) is 14.0. The van der Waals surface area contributed by atoms with Crippen LogP contribution in [0.5, 0.6) is 0 Å². The van der Waals surface area contributed by atoms with Gasteiger partial charge in [-0.05, 0) is 43.5 Å². The first-order valence-electron chi connectivity index (χ1n) is 8.03. The molecule has 0 amide bonds. The number of rotatable bonds is 5. The fraction of sp³-hybridized carbons (Fsp3) is 0.333. The first-order valence-corrected chi connectivity index (χ1v) is 8.03. The molecule has 6 nitrogen and oxygen atoms in total. The van der Waals surface area contributed by atoms with E-state index >= 15 is 0 Å². The maximum atomic E-state index is 12.2. The molecule has 1 N–H and O–H groups in total. The van der Waals surface area contributed by atoms with Gasteiger partial charge in [0.1, 0.15) is 16.9 Å². The van der Waals surface area contributed by atoms with Crippen LogP contribution >= 0.6 is 0 Å². The summed E-state index contributed by atoms with van der Waals surface area (Å²) < 4.78 is 1.76. The Labute approximate surface area is 140 Å². The smallest absolute Gasteiger partial charge is 0.329 e. The SMILES string of the molecule is CCC(CC)(C(=O)O)n1c(-c2cccnc2)nc2cc(C)cnc21. The van der Waals surface area contributed by atoms with Gasteiger partial charge in [-0.3, -0.25) is 9.55 Å². The van der Waals surface area contributed by atoms with E-state index in [9.17, 15) is 9.90 Å². The van der Waals surface area contributed by atoms with E-state index in [2.05, 4.69) is 15.0 Å². The Bertz CT molecular complexity index is 883. The summed E-state index contributed by atoms with van der Waals surface area (Å²) in [6, 6.07) is 5.63. The first-order chi connectivity index (χ1) is 11.5. The Morgan fingerprint density at radius 3 is 2.62 bits per heavy atom. The number of nitrogens with zero attached hydrogens (tertiary/aromatic N) is 4. The molecule has 3 aromatic rings. The van der Waals surface area contributed by atoms with E-state index in [1.165, 1.54) is 0 Å². The Balaban J connectivity index is 2.42. The third-order valence-corrected chi connectivity index (χ3v) is 4.55. The topological polar surface area (TPSA) is 80.9 Å². The van der Waals surface area contributed by atoms with Crippen molar-refractivity contribution in [2.45, 2.75) is 39.2 Å². The number of hydrogen-bond acceptors (Lipinski definition) is 4. The molecule has 0 aliphatic heterocycles. The second-order valence-corrected chi connectivity index (χ2v) is 5.91. The molecule has 0 saturated heterocycles. The summed E-state index contributed by atoms with van der Waals surface area (Å²) in [5, 5.41) is 9.99. The summed E-state index contributed by atoms with van der Waals surface area (Å²) >= 11 is 0. The van der Waals surface area contributed by atoms with Crippen molar-refractivity contribution in [2.75, 3.05) is 0 Å². The number of hydrogen-bond donors (Lipinski definition) is 1. The molecule has 3 aromatic heterocycles. The van der Waals surface area contributed by atoms with Gasteiger partial charge in [0.15, 0.2) is 5.65 Å². The summed E-state index contributed by atoms with van der Waals surface area (Å²) in [7, 11) is 0. The highest BCUT2D eigenvalue weighted by atomic mass is 16.4. The quantitative estimate of drug-likeness (QED) is 0.778. The first kappa shape index (κ1) is 16.1. The van der Waals surface area contributed by atoms with Crippen LogP contribution in [0.4, 0.5) is 0 Å². The third-order valence-electron chi connectivity index (χ3n) is 4.55. The van der Waals surface area contributed by atoms with Crippen molar-refractivity contribution in [3.63, 3.8) is 0 Å². The van der Waals surface area contributed by atoms with E-state index in [1.807, 2.05) is 39.0 Å². The molecule has 0 aliphatic rings. The van der Waals surface area contributed by atoms with Gasteiger partial charge in [0.2, 0.25) is 0 Å². The molecule has 0 spiro atoms. The second kappa shape index (κ2) is 6.03. The van der Waals surface area contributed by atoms with Crippen molar-refractivity contribution < 1.29 is 9.90 Å². The monoisotopic (exact) mass is 324 g/mol. The number of carboxylic acid groups (broad SMARTS) is 1. The van der Waals surface area contributed by atoms with Crippen molar-refractivity contribution in [3.05, 3.63) is 42.4 Å². The van der Waals surface area contributed by atoms with Crippen LogP contribution in [0.15, 0.2) is 36.8 Å². The fourth-order valence-electron chi connectivity index (χ4n) is 3.12. The average molecular weight is 324 g/mol. The van der Waals surface area contributed by atoms with Gasteiger partial charge in [0.25, 0.3) is 0 Å². The van der Waals surface area contributed by atoms with Crippen LogP contribution in [0.3, 0.4) is 0 Å². The number of imidazole rings is 1. The molecule has 0 saturated carbocycles. The number of pyridine rings is 2. The van der Waals surface area contributed by atoms with E-state index < -0.39 is 11.5 Å². The van der Waals surface area contributed by atoms with Crippen LogP contribution in [0, 0.1) is 6.92 Å². The van der Waals surface area contributed by atoms with Gasteiger partial charge < -0.3 is 5.11 Å². The Kier molecular flexibility index (Phi) is 4.05.